The maximum Gasteiger partial charge on any atom is 0.358 e. The van der Waals surface area contributed by atoms with Gasteiger partial charge in [-0.05, 0) is 6.07 Å². The molecule has 0 saturated carbocycles. The molecule has 1 heterocycles. The van der Waals surface area contributed by atoms with Crippen molar-refractivity contribution in [2.75, 3.05) is 25.7 Å². The smallest absolute Gasteiger partial charge is 0.358 e. The highest BCUT2D eigenvalue weighted by atomic mass is 16.5. The normalized spacial score (nSPS) is 9.62. The van der Waals surface area contributed by atoms with E-state index in [1.165, 1.54) is 20.3 Å². The van der Waals surface area contributed by atoms with Gasteiger partial charge in [0.2, 0.25) is 0 Å². The monoisotopic (exact) mass is 225 g/mol. The Morgan fingerprint density at radius 1 is 1.06 bits per heavy atom. The van der Waals surface area contributed by atoms with Crippen LogP contribution in [-0.2, 0) is 9.47 Å². The molecule has 1 aromatic heterocycles. The Morgan fingerprint density at radius 2 is 1.44 bits per heavy atom. The fourth-order valence-corrected chi connectivity index (χ4v) is 1.07. The van der Waals surface area contributed by atoms with Crippen molar-refractivity contribution in [3.8, 4) is 0 Å². The molecule has 0 saturated heterocycles. The third-order valence-electron chi connectivity index (χ3n) is 1.84. The number of ether oxygens (including phenoxy) is 2. The maximum atomic E-state index is 11.3. The van der Waals surface area contributed by atoms with Gasteiger partial charge in [0.15, 0.2) is 11.4 Å². The Bertz CT molecular complexity index is 407. The van der Waals surface area contributed by atoms with Crippen molar-refractivity contribution in [1.82, 2.24) is 4.98 Å². The van der Waals surface area contributed by atoms with Gasteiger partial charge in [0.05, 0.1) is 25.6 Å². The number of methoxy groups -OCH3 is 2. The van der Waals surface area contributed by atoms with Crippen molar-refractivity contribution in [3.05, 3.63) is 17.5 Å². The van der Waals surface area contributed by atoms with Crippen LogP contribution >= 0.6 is 0 Å². The van der Waals surface area contributed by atoms with Crippen molar-refractivity contribution in [2.45, 2.75) is 0 Å². The van der Waals surface area contributed by atoms with Crippen LogP contribution in [0.2, 0.25) is 0 Å². The molecule has 1 rings (SSSR count). The van der Waals surface area contributed by atoms with Gasteiger partial charge in [-0.25, -0.2) is 14.6 Å². The number of carbonyl (C=O) groups excluding carboxylic acids is 2. The minimum atomic E-state index is -0.748. The zero-order valence-corrected chi connectivity index (χ0v) is 8.81. The summed E-state index contributed by atoms with van der Waals surface area (Å²) in [7, 11) is 2.36. The van der Waals surface area contributed by atoms with Crippen LogP contribution in [0.15, 0.2) is 6.07 Å². The molecule has 16 heavy (non-hydrogen) atoms. The molecular weight excluding hydrogens is 214 g/mol. The van der Waals surface area contributed by atoms with Crippen LogP contribution in [-0.4, -0.2) is 31.1 Å². The van der Waals surface area contributed by atoms with Gasteiger partial charge in [-0.1, -0.05) is 0 Å². The summed E-state index contributed by atoms with van der Waals surface area (Å²) in [6.45, 7) is 0. The first-order valence-electron chi connectivity index (χ1n) is 4.23. The lowest BCUT2D eigenvalue weighted by Crippen LogP contribution is -2.15. The quantitative estimate of drug-likeness (QED) is 0.670. The van der Waals surface area contributed by atoms with Gasteiger partial charge in [-0.2, -0.15) is 0 Å². The number of esters is 2. The molecule has 7 nitrogen and oxygen atoms in total. The number of nitrogen functional groups attached to an aromatic ring is 2. The molecule has 0 atom stereocenters. The third-order valence-corrected chi connectivity index (χ3v) is 1.84. The zero-order valence-electron chi connectivity index (χ0n) is 8.81. The maximum absolute atomic E-state index is 11.3. The predicted molar refractivity (Wildman–Crippen MR) is 55.7 cm³/mol. The highest BCUT2D eigenvalue weighted by Gasteiger charge is 2.19. The fraction of sp³-hybridized carbons (Fsp3) is 0.222. The van der Waals surface area contributed by atoms with Crippen molar-refractivity contribution in [2.24, 2.45) is 0 Å². The standard InChI is InChI=1S/C9H11N3O4/c1-15-8(13)6-4(10)3-5(11)7(12-6)9(14)16-2/h3H,10-11H2,1-2H3. The van der Waals surface area contributed by atoms with E-state index in [9.17, 15) is 9.59 Å². The fourth-order valence-electron chi connectivity index (χ4n) is 1.07. The number of hydrogen-bond donors (Lipinski definition) is 2. The minimum Gasteiger partial charge on any atom is -0.464 e. The van der Waals surface area contributed by atoms with E-state index >= 15 is 0 Å². The van der Waals surface area contributed by atoms with Crippen LogP contribution in [0.3, 0.4) is 0 Å². The summed E-state index contributed by atoms with van der Waals surface area (Å²) in [6, 6.07) is 1.26. The van der Waals surface area contributed by atoms with Gasteiger partial charge in [0.1, 0.15) is 0 Å². The molecule has 1 aromatic rings. The number of pyridine rings is 1. The van der Waals surface area contributed by atoms with Crippen molar-refractivity contribution in [1.29, 1.82) is 0 Å². The molecular formula is C9H11N3O4. The van der Waals surface area contributed by atoms with Gasteiger partial charge in [0, 0.05) is 0 Å². The molecule has 0 bridgehead atoms. The van der Waals surface area contributed by atoms with E-state index in [2.05, 4.69) is 14.5 Å². The summed E-state index contributed by atoms with van der Waals surface area (Å²) in [5.41, 5.74) is 10.8. The number of nitrogens with two attached hydrogens (primary N) is 2. The van der Waals surface area contributed by atoms with E-state index in [-0.39, 0.29) is 22.8 Å². The molecule has 0 spiro atoms. The second kappa shape index (κ2) is 4.47. The summed E-state index contributed by atoms with van der Waals surface area (Å²) in [6.07, 6.45) is 0. The van der Waals surface area contributed by atoms with Gasteiger partial charge in [-0.15, -0.1) is 0 Å². The van der Waals surface area contributed by atoms with E-state index in [0.29, 0.717) is 0 Å². The van der Waals surface area contributed by atoms with E-state index in [4.69, 9.17) is 11.5 Å². The SMILES string of the molecule is COC(=O)c1nc(C(=O)OC)c(N)cc1N. The van der Waals surface area contributed by atoms with Gasteiger partial charge in [0.25, 0.3) is 0 Å². The molecule has 0 aliphatic carbocycles. The second-order valence-corrected chi connectivity index (χ2v) is 2.85. The molecule has 0 aromatic carbocycles. The highest BCUT2D eigenvalue weighted by molar-refractivity contribution is 5.98. The molecule has 0 fully saturated rings. The van der Waals surface area contributed by atoms with Crippen LogP contribution in [0.1, 0.15) is 21.0 Å². The van der Waals surface area contributed by atoms with Gasteiger partial charge in [-0.3, -0.25) is 0 Å². The molecule has 7 heteroatoms. The molecule has 0 radical (unpaired) electrons. The average Bonchev–Trinajstić information content (AvgIpc) is 2.27. The summed E-state index contributed by atoms with van der Waals surface area (Å²) >= 11 is 0. The van der Waals surface area contributed by atoms with E-state index in [1.807, 2.05) is 0 Å². The lowest BCUT2D eigenvalue weighted by atomic mass is 10.2. The highest BCUT2D eigenvalue weighted by Crippen LogP contribution is 2.18. The molecule has 0 aliphatic heterocycles. The first-order valence-corrected chi connectivity index (χ1v) is 4.23. The number of anilines is 2. The topological polar surface area (TPSA) is 118 Å². The van der Waals surface area contributed by atoms with Crippen molar-refractivity contribution >= 4 is 23.3 Å². The van der Waals surface area contributed by atoms with Crippen LogP contribution in [0.25, 0.3) is 0 Å². The van der Waals surface area contributed by atoms with Crippen LogP contribution < -0.4 is 11.5 Å². The van der Waals surface area contributed by atoms with Crippen molar-refractivity contribution in [3.63, 3.8) is 0 Å². The van der Waals surface area contributed by atoms with Crippen LogP contribution in [0, 0.1) is 0 Å². The molecule has 0 unspecified atom stereocenters. The number of hydrogen-bond acceptors (Lipinski definition) is 7. The summed E-state index contributed by atoms with van der Waals surface area (Å²) in [4.78, 5) is 26.2. The van der Waals surface area contributed by atoms with E-state index < -0.39 is 11.9 Å². The Labute approximate surface area is 91.3 Å². The molecule has 0 aliphatic rings. The number of carbonyl (C=O) groups is 2. The first-order chi connectivity index (χ1) is 7.51. The second-order valence-electron chi connectivity index (χ2n) is 2.85. The van der Waals surface area contributed by atoms with Gasteiger partial charge >= 0.3 is 11.9 Å². The Kier molecular flexibility index (Phi) is 3.29. The minimum absolute atomic E-state index is 0.0389. The molecule has 0 amide bonds. The third kappa shape index (κ3) is 2.02. The lowest BCUT2D eigenvalue weighted by molar-refractivity contribution is 0.0588. The Balaban J connectivity index is 3.32. The number of aromatic nitrogens is 1. The van der Waals surface area contributed by atoms with E-state index in [0.717, 1.165) is 0 Å². The van der Waals surface area contributed by atoms with Crippen molar-refractivity contribution < 1.29 is 19.1 Å². The number of nitrogens with zero attached hydrogens (tertiary/aromatic N) is 1. The van der Waals surface area contributed by atoms with Crippen LogP contribution in [0.4, 0.5) is 11.4 Å². The Morgan fingerprint density at radius 3 is 1.75 bits per heavy atom. The summed E-state index contributed by atoms with van der Waals surface area (Å²) < 4.78 is 8.90. The largest absolute Gasteiger partial charge is 0.464 e. The Hall–Kier alpha value is -2.31. The van der Waals surface area contributed by atoms with E-state index in [1.54, 1.807) is 0 Å². The molecule has 86 valence electrons. The van der Waals surface area contributed by atoms with Gasteiger partial charge < -0.3 is 20.9 Å². The zero-order chi connectivity index (χ0) is 12.3. The summed E-state index contributed by atoms with van der Waals surface area (Å²) in [5.74, 6) is -1.50. The first kappa shape index (κ1) is 11.8. The predicted octanol–water partition coefficient (Wildman–Crippen LogP) is -0.181. The number of rotatable bonds is 2. The molecule has 4 N–H and O–H groups in total. The lowest BCUT2D eigenvalue weighted by Gasteiger charge is -2.07. The van der Waals surface area contributed by atoms with Crippen LogP contribution in [0.5, 0.6) is 0 Å². The average molecular weight is 225 g/mol. The summed E-state index contributed by atoms with van der Waals surface area (Å²) in [5, 5.41) is 0.